The second kappa shape index (κ2) is 3.93. The van der Waals surface area contributed by atoms with Crippen molar-refractivity contribution in [2.24, 2.45) is 0 Å². The first kappa shape index (κ1) is 6.76. The van der Waals surface area contributed by atoms with Gasteiger partial charge >= 0.3 is 5.97 Å². The summed E-state index contributed by atoms with van der Waals surface area (Å²) in [5, 5.41) is 0. The van der Waals surface area contributed by atoms with Crippen molar-refractivity contribution in [1.82, 2.24) is 0 Å². The molecule has 0 atom stereocenters. The highest BCUT2D eigenvalue weighted by Gasteiger charge is 1.92. The van der Waals surface area contributed by atoms with Crippen LogP contribution in [0.5, 0.6) is 0 Å². The summed E-state index contributed by atoms with van der Waals surface area (Å²) in [7, 11) is 0. The van der Waals surface area contributed by atoms with E-state index in [9.17, 15) is 4.79 Å². The van der Waals surface area contributed by atoms with Crippen molar-refractivity contribution in [3.8, 4) is 12.3 Å². The summed E-state index contributed by atoms with van der Waals surface area (Å²) in [6.45, 7) is 0. The monoisotopic (exact) mass is 210 g/mol. The lowest BCUT2D eigenvalue weighted by Crippen LogP contribution is -1.91. The van der Waals surface area contributed by atoms with E-state index >= 15 is 0 Å². The number of carbonyl (C=O) groups excluding carboxylic acids is 1. The Morgan fingerprint density at radius 1 is 2.00 bits per heavy atom. The summed E-state index contributed by atoms with van der Waals surface area (Å²) in [5.41, 5.74) is 0. The van der Waals surface area contributed by atoms with Crippen LogP contribution in [0.2, 0.25) is 0 Å². The molecule has 0 fully saturated rings. The minimum Gasteiger partial charge on any atom is -0.394 e. The third kappa shape index (κ3) is 3.59. The normalized spacial score (nSPS) is 6.86. The summed E-state index contributed by atoms with van der Waals surface area (Å²) in [4.78, 5) is 10.0. The molecule has 0 unspecified atom stereocenters. The first-order valence-corrected chi connectivity index (χ1v) is 2.44. The molecule has 3 heteroatoms. The Morgan fingerprint density at radius 3 is 2.71 bits per heavy atom. The highest BCUT2D eigenvalue weighted by atomic mass is 127. The van der Waals surface area contributed by atoms with E-state index in [-0.39, 0.29) is 12.4 Å². The summed E-state index contributed by atoms with van der Waals surface area (Å²) < 4.78 is 4.18. The molecule has 0 N–H and O–H groups in total. The smallest absolute Gasteiger partial charge is 0.327 e. The van der Waals surface area contributed by atoms with E-state index in [1.54, 1.807) is 0 Å². The van der Waals surface area contributed by atoms with Gasteiger partial charge in [-0.1, -0.05) is 5.92 Å². The van der Waals surface area contributed by atoms with Gasteiger partial charge in [0.25, 0.3) is 0 Å². The van der Waals surface area contributed by atoms with E-state index in [1.807, 2.05) is 0 Å². The highest BCUT2D eigenvalue weighted by Crippen LogP contribution is 1.89. The Kier molecular flexibility index (Phi) is 3.80. The van der Waals surface area contributed by atoms with Crippen LogP contribution in [0.3, 0.4) is 0 Å². The molecule has 0 rings (SSSR count). The molecule has 0 radical (unpaired) electrons. The van der Waals surface area contributed by atoms with Gasteiger partial charge in [-0.2, -0.15) is 0 Å². The van der Waals surface area contributed by atoms with Gasteiger partial charge in [-0.15, -0.1) is 6.42 Å². The van der Waals surface area contributed by atoms with Crippen LogP contribution < -0.4 is 0 Å². The molecule has 2 nitrogen and oxygen atoms in total. The Morgan fingerprint density at radius 2 is 2.57 bits per heavy atom. The Labute approximate surface area is 55.9 Å². The minimum atomic E-state index is -0.372. The van der Waals surface area contributed by atoms with Crippen LogP contribution in [0.25, 0.3) is 0 Å². The van der Waals surface area contributed by atoms with Gasteiger partial charge in [0.05, 0.1) is 0 Å². The Hall–Kier alpha value is -0.240. The lowest BCUT2D eigenvalue weighted by molar-refractivity contribution is -0.130. The SMILES string of the molecule is C#CCC(=O)OI. The van der Waals surface area contributed by atoms with Crippen molar-refractivity contribution in [2.75, 3.05) is 0 Å². The Balaban J connectivity index is 3.23. The third-order valence-corrected chi connectivity index (χ3v) is 0.824. The van der Waals surface area contributed by atoms with Crippen molar-refractivity contribution >= 4 is 29.0 Å². The molecular formula is C4H3IO2. The molecule has 0 saturated heterocycles. The molecule has 7 heavy (non-hydrogen) atoms. The van der Waals surface area contributed by atoms with Crippen LogP contribution in [0.4, 0.5) is 0 Å². The predicted molar refractivity (Wildman–Crippen MR) is 33.6 cm³/mol. The van der Waals surface area contributed by atoms with E-state index < -0.39 is 0 Å². The topological polar surface area (TPSA) is 26.3 Å². The molecule has 0 spiro atoms. The highest BCUT2D eigenvalue weighted by molar-refractivity contribution is 14.1. The molecular weight excluding hydrogens is 207 g/mol. The van der Waals surface area contributed by atoms with Crippen LogP contribution in [-0.4, -0.2) is 5.97 Å². The van der Waals surface area contributed by atoms with Crippen molar-refractivity contribution in [3.05, 3.63) is 0 Å². The number of carbonyl (C=O) groups is 1. The molecule has 0 aliphatic carbocycles. The van der Waals surface area contributed by atoms with Gasteiger partial charge in [-0.25, -0.2) is 0 Å². The second-order valence-electron chi connectivity index (χ2n) is 0.830. The van der Waals surface area contributed by atoms with Crippen molar-refractivity contribution in [1.29, 1.82) is 0 Å². The molecule has 0 amide bonds. The molecule has 0 aromatic carbocycles. The first-order valence-electron chi connectivity index (χ1n) is 1.56. The molecule has 0 aliphatic rings. The van der Waals surface area contributed by atoms with Gasteiger partial charge in [0.1, 0.15) is 6.42 Å². The van der Waals surface area contributed by atoms with Gasteiger partial charge in [0.15, 0.2) is 23.0 Å². The standard InChI is InChI=1S/C4H3IO2/c1-2-3-4(6)7-5/h1H,3H2. The van der Waals surface area contributed by atoms with Gasteiger partial charge in [-0.05, 0) is 0 Å². The predicted octanol–water partition coefficient (Wildman–Crippen LogP) is 0.903. The maximum Gasteiger partial charge on any atom is 0.327 e. The molecule has 0 aliphatic heterocycles. The summed E-state index contributed by atoms with van der Waals surface area (Å²) in [6.07, 6.45) is 4.81. The van der Waals surface area contributed by atoms with Crippen LogP contribution in [0.1, 0.15) is 6.42 Å². The Bertz CT molecular complexity index is 103. The second-order valence-corrected chi connectivity index (χ2v) is 1.27. The van der Waals surface area contributed by atoms with Crippen LogP contribution >= 0.6 is 23.0 Å². The van der Waals surface area contributed by atoms with Gasteiger partial charge in [0.2, 0.25) is 0 Å². The molecule has 0 bridgehead atoms. The zero-order valence-electron chi connectivity index (χ0n) is 3.48. The van der Waals surface area contributed by atoms with E-state index in [0.717, 1.165) is 0 Å². The van der Waals surface area contributed by atoms with Gasteiger partial charge < -0.3 is 3.07 Å². The first-order chi connectivity index (χ1) is 3.31. The molecule has 0 heterocycles. The summed E-state index contributed by atoms with van der Waals surface area (Å²) in [5.74, 6) is 1.77. The molecule has 0 aromatic rings. The minimum absolute atomic E-state index is 0.0585. The van der Waals surface area contributed by atoms with Crippen molar-refractivity contribution < 1.29 is 7.86 Å². The van der Waals surface area contributed by atoms with E-state index in [1.165, 1.54) is 23.0 Å². The number of hydrogen-bond donors (Lipinski definition) is 0. The maximum atomic E-state index is 10.0. The summed E-state index contributed by atoms with van der Waals surface area (Å²) in [6, 6.07) is 0. The fourth-order valence-corrected chi connectivity index (χ4v) is 0.266. The average Bonchev–Trinajstić information content (AvgIpc) is 1.68. The van der Waals surface area contributed by atoms with E-state index in [0.29, 0.717) is 0 Å². The van der Waals surface area contributed by atoms with Gasteiger partial charge in [0, 0.05) is 0 Å². The zero-order valence-corrected chi connectivity index (χ0v) is 5.64. The maximum absolute atomic E-state index is 10.0. The fraction of sp³-hybridized carbons (Fsp3) is 0.250. The van der Waals surface area contributed by atoms with E-state index in [4.69, 9.17) is 6.42 Å². The third-order valence-electron chi connectivity index (χ3n) is 0.332. The lowest BCUT2D eigenvalue weighted by atomic mass is 10.5. The molecule has 0 saturated carbocycles. The van der Waals surface area contributed by atoms with Crippen LogP contribution in [-0.2, 0) is 7.86 Å². The number of hydrogen-bond acceptors (Lipinski definition) is 2. The fourth-order valence-electron chi connectivity index (χ4n) is 0.111. The molecule has 0 aromatic heterocycles. The number of halogens is 1. The number of rotatable bonds is 1. The average molecular weight is 210 g/mol. The van der Waals surface area contributed by atoms with Gasteiger partial charge in [-0.3, -0.25) is 4.79 Å². The quantitative estimate of drug-likeness (QED) is 0.474. The number of terminal acetylenes is 1. The summed E-state index contributed by atoms with van der Waals surface area (Å²) >= 11 is 1.49. The molecule has 38 valence electrons. The van der Waals surface area contributed by atoms with E-state index in [2.05, 4.69) is 8.99 Å². The van der Waals surface area contributed by atoms with Crippen molar-refractivity contribution in [3.63, 3.8) is 0 Å². The van der Waals surface area contributed by atoms with Crippen LogP contribution in [0, 0.1) is 12.3 Å². The largest absolute Gasteiger partial charge is 0.394 e. The van der Waals surface area contributed by atoms with Crippen LogP contribution in [0.15, 0.2) is 0 Å². The lowest BCUT2D eigenvalue weighted by Gasteiger charge is -1.83. The van der Waals surface area contributed by atoms with Crippen molar-refractivity contribution in [2.45, 2.75) is 6.42 Å². The zero-order chi connectivity index (χ0) is 5.70.